The molecule has 0 bridgehead atoms. The molecule has 2 rings (SSSR count). The number of nitrogens with zero attached hydrogens (tertiary/aromatic N) is 1. The van der Waals surface area contributed by atoms with E-state index in [-0.39, 0.29) is 0 Å². The van der Waals surface area contributed by atoms with Crippen molar-refractivity contribution in [1.29, 1.82) is 0 Å². The van der Waals surface area contributed by atoms with Gasteiger partial charge in [-0.15, -0.1) is 0 Å². The van der Waals surface area contributed by atoms with Crippen LogP contribution in [-0.2, 0) is 0 Å². The van der Waals surface area contributed by atoms with Crippen molar-refractivity contribution in [3.8, 4) is 0 Å². The summed E-state index contributed by atoms with van der Waals surface area (Å²) in [6, 6.07) is 4.04. The van der Waals surface area contributed by atoms with Crippen molar-refractivity contribution in [3.63, 3.8) is 0 Å². The molecule has 1 aliphatic heterocycles. The minimum atomic E-state index is 1.10. The van der Waals surface area contributed by atoms with Gasteiger partial charge in [-0.3, -0.25) is 5.84 Å². The fourth-order valence-corrected chi connectivity index (χ4v) is 1.60. The maximum absolute atomic E-state index is 5.47. The van der Waals surface area contributed by atoms with Crippen molar-refractivity contribution in [2.45, 2.75) is 19.3 Å². The highest BCUT2D eigenvalue weighted by atomic mass is 32.1. The fourth-order valence-electron chi connectivity index (χ4n) is 1.15. The molecule has 68 valence electrons. The van der Waals surface area contributed by atoms with Crippen LogP contribution in [0.25, 0.3) is 0 Å². The Morgan fingerprint density at radius 1 is 1.00 bits per heavy atom. The van der Waals surface area contributed by atoms with E-state index in [0.29, 0.717) is 0 Å². The first kappa shape index (κ1) is 9.71. The van der Waals surface area contributed by atoms with E-state index in [0.717, 1.165) is 13.1 Å². The lowest BCUT2D eigenvalue weighted by molar-refractivity contribution is 0.235. The summed E-state index contributed by atoms with van der Waals surface area (Å²) in [6.07, 6.45) is 3.95. The van der Waals surface area contributed by atoms with Crippen molar-refractivity contribution in [1.82, 2.24) is 5.01 Å². The van der Waals surface area contributed by atoms with Crippen molar-refractivity contribution in [3.05, 3.63) is 22.9 Å². The Kier molecular flexibility index (Phi) is 4.99. The number of hydrogen-bond donors (Lipinski definition) is 1. The predicted octanol–water partition coefficient (Wildman–Crippen LogP) is 2.09. The highest BCUT2D eigenvalue weighted by Gasteiger charge is 2.02. The van der Waals surface area contributed by atoms with Crippen LogP contribution in [0.3, 0.4) is 0 Å². The van der Waals surface area contributed by atoms with E-state index in [4.69, 9.17) is 5.84 Å². The molecule has 0 unspecified atom stereocenters. The monoisotopic (exact) mass is 184 g/mol. The molecule has 1 aromatic rings. The largest absolute Gasteiger partial charge is 0.269 e. The second-order valence-corrected chi connectivity index (χ2v) is 3.71. The highest BCUT2D eigenvalue weighted by Crippen LogP contribution is 2.03. The van der Waals surface area contributed by atoms with Crippen molar-refractivity contribution in [2.24, 2.45) is 5.84 Å². The zero-order valence-electron chi connectivity index (χ0n) is 7.28. The van der Waals surface area contributed by atoms with E-state index < -0.39 is 0 Å². The number of thiophene rings is 1. The van der Waals surface area contributed by atoms with Crippen LogP contribution in [-0.4, -0.2) is 18.1 Å². The molecule has 0 spiro atoms. The molecule has 2 heterocycles. The Morgan fingerprint density at radius 2 is 1.58 bits per heavy atom. The van der Waals surface area contributed by atoms with Crippen LogP contribution >= 0.6 is 11.3 Å². The molecule has 1 aliphatic rings. The Labute approximate surface area is 78.0 Å². The summed E-state index contributed by atoms with van der Waals surface area (Å²) in [5, 5.41) is 5.98. The average Bonchev–Trinajstić information content (AvgIpc) is 2.62. The van der Waals surface area contributed by atoms with Gasteiger partial charge in [0.1, 0.15) is 0 Å². The Bertz CT molecular complexity index is 151. The van der Waals surface area contributed by atoms with Crippen molar-refractivity contribution >= 4 is 11.3 Å². The van der Waals surface area contributed by atoms with Crippen LogP contribution in [0.2, 0.25) is 0 Å². The van der Waals surface area contributed by atoms with Gasteiger partial charge in [0.15, 0.2) is 0 Å². The number of rotatable bonds is 0. The standard InChI is InChI=1S/C5H12N2.C4H4S/c6-7-4-2-1-3-5-7;1-2-4-5-3-1/h1-6H2;1-4H. The molecule has 2 nitrogen and oxygen atoms in total. The fraction of sp³-hybridized carbons (Fsp3) is 0.556. The molecule has 0 amide bonds. The molecule has 1 aromatic heterocycles. The van der Waals surface area contributed by atoms with Gasteiger partial charge in [-0.25, -0.2) is 5.01 Å². The smallest absolute Gasteiger partial charge is 0.0128 e. The molecule has 1 fully saturated rings. The third kappa shape index (κ3) is 4.49. The second-order valence-electron chi connectivity index (χ2n) is 2.89. The zero-order valence-corrected chi connectivity index (χ0v) is 8.09. The van der Waals surface area contributed by atoms with Gasteiger partial charge in [-0.05, 0) is 23.6 Å². The zero-order chi connectivity index (χ0) is 8.65. The maximum Gasteiger partial charge on any atom is 0.0128 e. The Hall–Kier alpha value is -0.380. The molecular formula is C9H16N2S. The Balaban J connectivity index is 0.000000127. The van der Waals surface area contributed by atoms with Gasteiger partial charge in [0, 0.05) is 13.1 Å². The normalized spacial score (nSPS) is 18.1. The lowest BCUT2D eigenvalue weighted by Gasteiger charge is -2.20. The van der Waals surface area contributed by atoms with Gasteiger partial charge in [0.05, 0.1) is 0 Å². The summed E-state index contributed by atoms with van der Waals surface area (Å²) in [4.78, 5) is 0. The minimum absolute atomic E-state index is 1.10. The van der Waals surface area contributed by atoms with Crippen LogP contribution in [0.4, 0.5) is 0 Å². The number of piperidine rings is 1. The quantitative estimate of drug-likeness (QED) is 0.626. The molecule has 12 heavy (non-hydrogen) atoms. The van der Waals surface area contributed by atoms with Crippen LogP contribution < -0.4 is 5.84 Å². The number of nitrogens with two attached hydrogens (primary N) is 1. The van der Waals surface area contributed by atoms with Crippen molar-refractivity contribution < 1.29 is 0 Å². The van der Waals surface area contributed by atoms with Gasteiger partial charge in [-0.2, -0.15) is 11.3 Å². The average molecular weight is 184 g/mol. The van der Waals surface area contributed by atoms with E-state index in [2.05, 4.69) is 0 Å². The molecule has 0 saturated carbocycles. The summed E-state index contributed by atoms with van der Waals surface area (Å²) < 4.78 is 0. The molecular weight excluding hydrogens is 168 g/mol. The highest BCUT2D eigenvalue weighted by molar-refractivity contribution is 7.07. The van der Waals surface area contributed by atoms with Crippen molar-refractivity contribution in [2.75, 3.05) is 13.1 Å². The van der Waals surface area contributed by atoms with Gasteiger partial charge >= 0.3 is 0 Å². The molecule has 0 atom stereocenters. The predicted molar refractivity (Wildman–Crippen MR) is 53.9 cm³/mol. The molecule has 3 heteroatoms. The topological polar surface area (TPSA) is 29.3 Å². The maximum atomic E-state index is 5.47. The first-order chi connectivity index (χ1) is 5.89. The third-order valence-corrected chi connectivity index (χ3v) is 2.44. The van der Waals surface area contributed by atoms with E-state index >= 15 is 0 Å². The number of hydrogen-bond acceptors (Lipinski definition) is 3. The van der Waals surface area contributed by atoms with Crippen LogP contribution in [0.15, 0.2) is 22.9 Å². The summed E-state index contributed by atoms with van der Waals surface area (Å²) >= 11 is 1.71. The third-order valence-electron chi connectivity index (χ3n) is 1.82. The first-order valence-corrected chi connectivity index (χ1v) is 5.30. The second kappa shape index (κ2) is 6.17. The van der Waals surface area contributed by atoms with Gasteiger partial charge < -0.3 is 0 Å². The summed E-state index contributed by atoms with van der Waals surface area (Å²) in [6.45, 7) is 2.19. The number of hydrazine groups is 1. The van der Waals surface area contributed by atoms with Gasteiger partial charge in [-0.1, -0.05) is 18.6 Å². The van der Waals surface area contributed by atoms with E-state index in [9.17, 15) is 0 Å². The van der Waals surface area contributed by atoms with Crippen LogP contribution in [0.5, 0.6) is 0 Å². The summed E-state index contributed by atoms with van der Waals surface area (Å²) in [7, 11) is 0. The van der Waals surface area contributed by atoms with E-state index in [1.54, 1.807) is 11.3 Å². The summed E-state index contributed by atoms with van der Waals surface area (Å²) in [5.74, 6) is 5.47. The van der Waals surface area contributed by atoms with Gasteiger partial charge in [0.2, 0.25) is 0 Å². The first-order valence-electron chi connectivity index (χ1n) is 4.36. The molecule has 1 saturated heterocycles. The summed E-state index contributed by atoms with van der Waals surface area (Å²) in [5.41, 5.74) is 0. The lowest BCUT2D eigenvalue weighted by atomic mass is 10.2. The molecule has 2 N–H and O–H groups in total. The van der Waals surface area contributed by atoms with E-state index in [1.165, 1.54) is 19.3 Å². The lowest BCUT2D eigenvalue weighted by Crippen LogP contribution is -2.35. The Morgan fingerprint density at radius 3 is 1.83 bits per heavy atom. The van der Waals surface area contributed by atoms with Crippen LogP contribution in [0.1, 0.15) is 19.3 Å². The van der Waals surface area contributed by atoms with E-state index in [1.807, 2.05) is 27.9 Å². The van der Waals surface area contributed by atoms with Gasteiger partial charge in [0.25, 0.3) is 0 Å². The molecule has 0 aliphatic carbocycles. The SMILES string of the molecule is NN1CCCCC1.c1ccsc1. The minimum Gasteiger partial charge on any atom is -0.269 e. The molecule has 0 radical (unpaired) electrons. The molecule has 0 aromatic carbocycles. The van der Waals surface area contributed by atoms with Crippen LogP contribution in [0, 0.1) is 0 Å².